The molecule has 1 aromatic rings. The van der Waals surface area contributed by atoms with Crippen LogP contribution < -0.4 is 4.74 Å². The van der Waals surface area contributed by atoms with Crippen molar-refractivity contribution in [2.24, 2.45) is 17.8 Å². The van der Waals surface area contributed by atoms with Gasteiger partial charge in [0.1, 0.15) is 5.75 Å². The van der Waals surface area contributed by atoms with Crippen LogP contribution in [0, 0.1) is 17.8 Å². The number of esters is 1. The van der Waals surface area contributed by atoms with E-state index in [-0.39, 0.29) is 44.2 Å². The van der Waals surface area contributed by atoms with E-state index in [4.69, 9.17) is 14.6 Å². The Hall–Kier alpha value is -2.12. The maximum atomic E-state index is 11.9. The Morgan fingerprint density at radius 2 is 2.06 bits per heavy atom. The fraction of sp³-hybridized carbons (Fsp3) is 0.667. The third-order valence-corrected chi connectivity index (χ3v) is 6.79. The number of carboxylic acids is 1. The van der Waals surface area contributed by atoms with E-state index >= 15 is 0 Å². The first-order valence-corrected chi connectivity index (χ1v) is 11.4. The van der Waals surface area contributed by atoms with Crippen LogP contribution in [-0.2, 0) is 27.2 Å². The van der Waals surface area contributed by atoms with Gasteiger partial charge in [-0.1, -0.05) is 19.1 Å². The molecule has 0 heterocycles. The lowest BCUT2D eigenvalue weighted by atomic mass is 9.73. The first-order chi connectivity index (χ1) is 14.9. The van der Waals surface area contributed by atoms with Crippen molar-refractivity contribution in [2.45, 2.75) is 70.5 Å². The zero-order valence-electron chi connectivity index (χ0n) is 18.2. The molecule has 0 amide bonds. The van der Waals surface area contributed by atoms with Crippen LogP contribution in [0.1, 0.15) is 56.6 Å². The molecule has 3 N–H and O–H groups in total. The van der Waals surface area contributed by atoms with Crippen LogP contribution in [0.15, 0.2) is 18.2 Å². The molecule has 172 valence electrons. The molecule has 2 aliphatic carbocycles. The van der Waals surface area contributed by atoms with Crippen LogP contribution in [-0.4, -0.2) is 52.7 Å². The first kappa shape index (κ1) is 23.5. The number of hydrogen-bond donors (Lipinski definition) is 3. The van der Waals surface area contributed by atoms with Crippen LogP contribution in [0.4, 0.5) is 0 Å². The maximum absolute atomic E-state index is 11.9. The van der Waals surface area contributed by atoms with Gasteiger partial charge in [-0.15, -0.1) is 0 Å². The predicted molar refractivity (Wildman–Crippen MR) is 114 cm³/mol. The van der Waals surface area contributed by atoms with Crippen molar-refractivity contribution in [1.29, 1.82) is 0 Å². The molecule has 3 rings (SSSR count). The van der Waals surface area contributed by atoms with Crippen LogP contribution in [0.2, 0.25) is 0 Å². The monoisotopic (exact) mass is 434 g/mol. The van der Waals surface area contributed by atoms with E-state index in [1.165, 1.54) is 5.56 Å². The molecule has 0 saturated heterocycles. The molecule has 7 nitrogen and oxygen atoms in total. The van der Waals surface area contributed by atoms with Crippen molar-refractivity contribution >= 4 is 11.9 Å². The summed E-state index contributed by atoms with van der Waals surface area (Å²) in [6, 6.07) is 5.87. The fourth-order valence-corrected chi connectivity index (χ4v) is 5.12. The highest BCUT2D eigenvalue weighted by atomic mass is 16.6. The van der Waals surface area contributed by atoms with Crippen molar-refractivity contribution in [2.75, 3.05) is 13.2 Å². The van der Waals surface area contributed by atoms with Crippen LogP contribution >= 0.6 is 0 Å². The van der Waals surface area contributed by atoms with Gasteiger partial charge in [0, 0.05) is 6.42 Å². The number of aliphatic hydroxyl groups is 2. The quantitative estimate of drug-likeness (QED) is 0.362. The lowest BCUT2D eigenvalue weighted by Crippen LogP contribution is -2.28. The molecular formula is C24H34O7. The van der Waals surface area contributed by atoms with Crippen molar-refractivity contribution in [3.8, 4) is 5.75 Å². The van der Waals surface area contributed by atoms with Gasteiger partial charge in [0.05, 0.1) is 18.8 Å². The number of carboxylic acid groups (broad SMARTS) is 1. The van der Waals surface area contributed by atoms with Crippen LogP contribution in [0.5, 0.6) is 5.75 Å². The maximum Gasteiger partial charge on any atom is 0.344 e. The number of carbonyl (C=O) groups excluding carboxylic acids is 1. The average Bonchev–Trinajstić information content (AvgIpc) is 3.05. The predicted octanol–water partition coefficient (Wildman–Crippen LogP) is 2.74. The van der Waals surface area contributed by atoms with Gasteiger partial charge in [0.15, 0.2) is 6.61 Å². The van der Waals surface area contributed by atoms with Crippen LogP contribution in [0.3, 0.4) is 0 Å². The molecule has 31 heavy (non-hydrogen) atoms. The molecular weight excluding hydrogens is 400 g/mol. The van der Waals surface area contributed by atoms with E-state index in [2.05, 4.69) is 6.07 Å². The second kappa shape index (κ2) is 11.0. The Bertz CT molecular complexity index is 762. The van der Waals surface area contributed by atoms with Gasteiger partial charge in [-0.25, -0.2) is 4.79 Å². The van der Waals surface area contributed by atoms with Crippen LogP contribution in [0.25, 0.3) is 0 Å². The summed E-state index contributed by atoms with van der Waals surface area (Å²) in [6.07, 6.45) is 4.37. The highest BCUT2D eigenvalue weighted by molar-refractivity contribution is 5.71. The number of fused-ring (bicyclic) bond motifs is 2. The van der Waals surface area contributed by atoms with E-state index in [0.717, 1.165) is 44.1 Å². The molecule has 0 aliphatic heterocycles. The summed E-state index contributed by atoms with van der Waals surface area (Å²) in [5, 5.41) is 29.2. The molecule has 5 atom stereocenters. The summed E-state index contributed by atoms with van der Waals surface area (Å²) < 4.78 is 10.8. The van der Waals surface area contributed by atoms with Gasteiger partial charge in [0.25, 0.3) is 0 Å². The van der Waals surface area contributed by atoms with E-state index < -0.39 is 11.9 Å². The SMILES string of the molecule is CC[C@H](O)CC[C@@H]1[C@H]2Cc3cccc(OCC(=O)OCCCC(=O)O)c3C[C@H]2C[C@H]1O. The molecule has 7 heteroatoms. The van der Waals surface area contributed by atoms with E-state index in [9.17, 15) is 19.8 Å². The van der Waals surface area contributed by atoms with Crippen molar-refractivity contribution < 1.29 is 34.4 Å². The highest BCUT2D eigenvalue weighted by Crippen LogP contribution is 2.48. The third-order valence-electron chi connectivity index (χ3n) is 6.79. The van der Waals surface area contributed by atoms with Crippen molar-refractivity contribution in [3.05, 3.63) is 29.3 Å². The molecule has 0 bridgehead atoms. The highest BCUT2D eigenvalue weighted by Gasteiger charge is 2.44. The topological polar surface area (TPSA) is 113 Å². The number of hydrogen-bond acceptors (Lipinski definition) is 6. The second-order valence-corrected chi connectivity index (χ2v) is 8.84. The number of ether oxygens (including phenoxy) is 2. The molecule has 1 fully saturated rings. The van der Waals surface area contributed by atoms with Gasteiger partial charge in [-0.2, -0.15) is 0 Å². The van der Waals surface area contributed by atoms with Gasteiger partial charge in [0.2, 0.25) is 0 Å². The molecule has 2 aliphatic rings. The standard InChI is InChI=1S/C24H34O7/c1-2-17(25)8-9-18-19-11-15-5-3-6-22(20(15)12-16(19)13-21(18)26)31-14-24(29)30-10-4-7-23(27)28/h3,5-6,16-19,21,25-26H,2,4,7-14H2,1H3,(H,27,28)/t16-,17-,18+,19-,21+/m0/s1. The van der Waals surface area contributed by atoms with Crippen molar-refractivity contribution in [1.82, 2.24) is 0 Å². The van der Waals surface area contributed by atoms with E-state index in [1.807, 2.05) is 19.1 Å². The lowest BCUT2D eigenvalue weighted by molar-refractivity contribution is -0.147. The van der Waals surface area contributed by atoms with E-state index in [1.54, 1.807) is 0 Å². The molecule has 1 saturated carbocycles. The summed E-state index contributed by atoms with van der Waals surface area (Å²) in [7, 11) is 0. The smallest absolute Gasteiger partial charge is 0.344 e. The molecule has 0 aromatic heterocycles. The van der Waals surface area contributed by atoms with Gasteiger partial charge >= 0.3 is 11.9 Å². The minimum absolute atomic E-state index is 0.0346. The zero-order chi connectivity index (χ0) is 22.4. The molecule has 0 radical (unpaired) electrons. The third kappa shape index (κ3) is 6.20. The van der Waals surface area contributed by atoms with Gasteiger partial charge < -0.3 is 24.8 Å². The zero-order valence-corrected chi connectivity index (χ0v) is 18.2. The summed E-state index contributed by atoms with van der Waals surface area (Å²) in [5.74, 6) is 0.243. The number of carbonyl (C=O) groups is 2. The fourth-order valence-electron chi connectivity index (χ4n) is 5.12. The Kier molecular flexibility index (Phi) is 8.32. The largest absolute Gasteiger partial charge is 0.482 e. The number of aliphatic carboxylic acids is 1. The first-order valence-electron chi connectivity index (χ1n) is 11.4. The normalized spacial score (nSPS) is 25.4. The molecule has 1 aromatic carbocycles. The minimum atomic E-state index is -0.915. The summed E-state index contributed by atoms with van der Waals surface area (Å²) in [4.78, 5) is 22.4. The Morgan fingerprint density at radius 3 is 2.81 bits per heavy atom. The number of benzene rings is 1. The summed E-state index contributed by atoms with van der Waals surface area (Å²) in [6.45, 7) is 1.83. The Balaban J connectivity index is 1.57. The second-order valence-electron chi connectivity index (χ2n) is 8.84. The number of rotatable bonds is 11. The molecule has 0 spiro atoms. The Morgan fingerprint density at radius 1 is 1.26 bits per heavy atom. The van der Waals surface area contributed by atoms with Gasteiger partial charge in [-0.3, -0.25) is 4.79 Å². The lowest BCUT2D eigenvalue weighted by Gasteiger charge is -2.32. The van der Waals surface area contributed by atoms with Gasteiger partial charge in [-0.05, 0) is 79.9 Å². The average molecular weight is 435 g/mol. The van der Waals surface area contributed by atoms with Crippen molar-refractivity contribution in [3.63, 3.8) is 0 Å². The minimum Gasteiger partial charge on any atom is -0.482 e. The summed E-state index contributed by atoms with van der Waals surface area (Å²) in [5.41, 5.74) is 2.30. The number of aliphatic hydroxyl groups excluding tert-OH is 2. The molecule has 0 unspecified atom stereocenters. The van der Waals surface area contributed by atoms with E-state index in [0.29, 0.717) is 17.6 Å². The summed E-state index contributed by atoms with van der Waals surface area (Å²) >= 11 is 0. The Labute approximate surface area is 183 Å².